The molecule has 0 radical (unpaired) electrons. The molecule has 0 bridgehead atoms. The first kappa shape index (κ1) is 29.2. The van der Waals surface area contributed by atoms with Crippen LogP contribution in [0.2, 0.25) is 0 Å². The number of aliphatic carboxylic acids is 1. The molecule has 0 spiro atoms. The molecular formula is C29H46N2O6. The molecule has 2 N–H and O–H groups in total. The highest BCUT2D eigenvalue weighted by Crippen LogP contribution is 2.45. The highest BCUT2D eigenvalue weighted by Gasteiger charge is 2.48. The SMILES string of the molecule is CCCCN(CCCC)C(=O)CN1C[C@H](c2cc(CO)c3c(c2)OCO3)[C@@H](C(=O)O)[C@@H]1CC(C)CCC. The van der Waals surface area contributed by atoms with Crippen LogP contribution >= 0.6 is 0 Å². The van der Waals surface area contributed by atoms with Crippen molar-refractivity contribution in [3.63, 3.8) is 0 Å². The number of hydrogen-bond donors (Lipinski definition) is 2. The minimum atomic E-state index is -0.842. The first-order valence-corrected chi connectivity index (χ1v) is 14.1. The lowest BCUT2D eigenvalue weighted by atomic mass is 9.81. The number of benzene rings is 1. The fourth-order valence-corrected chi connectivity index (χ4v) is 5.92. The number of carbonyl (C=O) groups excluding carboxylic acids is 1. The Kier molecular flexibility index (Phi) is 11.1. The first-order valence-electron chi connectivity index (χ1n) is 14.1. The van der Waals surface area contributed by atoms with Crippen molar-refractivity contribution in [3.05, 3.63) is 23.3 Å². The summed E-state index contributed by atoms with van der Waals surface area (Å²) >= 11 is 0. The van der Waals surface area contributed by atoms with Gasteiger partial charge < -0.3 is 24.6 Å². The fourth-order valence-electron chi connectivity index (χ4n) is 5.92. The van der Waals surface area contributed by atoms with Gasteiger partial charge in [-0.05, 0) is 42.9 Å². The Labute approximate surface area is 221 Å². The van der Waals surface area contributed by atoms with E-state index in [1.165, 1.54) is 0 Å². The minimum absolute atomic E-state index is 0.0848. The van der Waals surface area contributed by atoms with Gasteiger partial charge in [-0.1, -0.05) is 53.4 Å². The van der Waals surface area contributed by atoms with Crippen LogP contribution in [-0.2, 0) is 16.2 Å². The van der Waals surface area contributed by atoms with Crippen molar-refractivity contribution in [3.8, 4) is 11.5 Å². The van der Waals surface area contributed by atoms with Crippen LogP contribution in [-0.4, -0.2) is 70.9 Å². The van der Waals surface area contributed by atoms with E-state index in [9.17, 15) is 19.8 Å². The number of ether oxygens (including phenoxy) is 2. The van der Waals surface area contributed by atoms with E-state index in [-0.39, 0.29) is 37.8 Å². The lowest BCUT2D eigenvalue weighted by Crippen LogP contribution is -2.45. The largest absolute Gasteiger partial charge is 0.481 e. The number of likely N-dealkylation sites (tertiary alicyclic amines) is 1. The standard InChI is InChI=1S/C29H46N2O6/c1-5-8-11-30(12-9-6-2)26(33)17-31-16-23(27(29(34)35)24(31)13-20(4)10-7-3)21-14-22(18-32)28-25(15-21)36-19-37-28/h14-15,20,23-24,27,32H,5-13,16-19H2,1-4H3,(H,34,35)/t20?,23-,24+,27-/m1/s1. The average molecular weight is 519 g/mol. The van der Waals surface area contributed by atoms with Crippen molar-refractivity contribution in [1.29, 1.82) is 0 Å². The van der Waals surface area contributed by atoms with Crippen molar-refractivity contribution in [1.82, 2.24) is 9.80 Å². The van der Waals surface area contributed by atoms with Gasteiger partial charge in [-0.15, -0.1) is 0 Å². The zero-order chi connectivity index (χ0) is 26.9. The Morgan fingerprint density at radius 3 is 2.41 bits per heavy atom. The van der Waals surface area contributed by atoms with E-state index in [1.54, 1.807) is 0 Å². The molecule has 1 fully saturated rings. The lowest BCUT2D eigenvalue weighted by Gasteiger charge is -2.31. The number of fused-ring (bicyclic) bond motifs is 1. The summed E-state index contributed by atoms with van der Waals surface area (Å²) in [6.45, 7) is 10.6. The summed E-state index contributed by atoms with van der Waals surface area (Å²) < 4.78 is 11.1. The Balaban J connectivity index is 1.92. The second-order valence-electron chi connectivity index (χ2n) is 10.8. The fraction of sp³-hybridized carbons (Fsp3) is 0.724. The van der Waals surface area contributed by atoms with Gasteiger partial charge >= 0.3 is 5.97 Å². The third-order valence-corrected chi connectivity index (χ3v) is 7.88. The van der Waals surface area contributed by atoms with E-state index in [1.807, 2.05) is 17.0 Å². The maximum absolute atomic E-state index is 13.5. The molecule has 2 heterocycles. The molecule has 1 saturated heterocycles. The van der Waals surface area contributed by atoms with Gasteiger partial charge in [0, 0.05) is 37.2 Å². The summed E-state index contributed by atoms with van der Waals surface area (Å²) in [5.74, 6) is -0.302. The normalized spacial score (nSPS) is 21.8. The first-order chi connectivity index (χ1) is 17.8. The highest BCUT2D eigenvalue weighted by molar-refractivity contribution is 5.79. The summed E-state index contributed by atoms with van der Waals surface area (Å²) in [5, 5.41) is 20.4. The molecule has 1 amide bonds. The van der Waals surface area contributed by atoms with Crippen LogP contribution in [0.25, 0.3) is 0 Å². The number of aliphatic hydroxyl groups excluding tert-OH is 1. The average Bonchev–Trinajstić information content (AvgIpc) is 3.48. The molecule has 8 nitrogen and oxygen atoms in total. The Morgan fingerprint density at radius 1 is 1.11 bits per heavy atom. The van der Waals surface area contributed by atoms with Gasteiger partial charge in [0.25, 0.3) is 0 Å². The molecule has 4 atom stereocenters. The Hall–Kier alpha value is -2.32. The van der Waals surface area contributed by atoms with Gasteiger partial charge in [0.05, 0.1) is 19.1 Å². The molecule has 0 saturated carbocycles. The van der Waals surface area contributed by atoms with E-state index >= 15 is 0 Å². The summed E-state index contributed by atoms with van der Waals surface area (Å²) in [6.07, 6.45) is 6.77. The molecule has 2 aliphatic heterocycles. The monoisotopic (exact) mass is 518 g/mol. The predicted octanol–water partition coefficient (Wildman–Crippen LogP) is 4.63. The van der Waals surface area contributed by atoms with Crippen LogP contribution in [0.1, 0.15) is 89.7 Å². The Bertz CT molecular complexity index is 899. The zero-order valence-corrected chi connectivity index (χ0v) is 23.1. The van der Waals surface area contributed by atoms with Gasteiger partial charge in [-0.2, -0.15) is 0 Å². The van der Waals surface area contributed by atoms with Gasteiger partial charge in [-0.3, -0.25) is 14.5 Å². The maximum atomic E-state index is 13.5. The topological polar surface area (TPSA) is 99.5 Å². The molecule has 3 rings (SSSR count). The number of carboxylic acids is 1. The van der Waals surface area contributed by atoms with Crippen molar-refractivity contribution >= 4 is 11.9 Å². The van der Waals surface area contributed by atoms with E-state index in [0.29, 0.717) is 29.5 Å². The van der Waals surface area contributed by atoms with Crippen LogP contribution in [0.4, 0.5) is 0 Å². The van der Waals surface area contributed by atoms with E-state index in [4.69, 9.17) is 9.47 Å². The molecule has 2 aliphatic rings. The highest BCUT2D eigenvalue weighted by atomic mass is 16.7. The molecule has 0 aliphatic carbocycles. The van der Waals surface area contributed by atoms with Gasteiger partial charge in [0.15, 0.2) is 11.5 Å². The number of rotatable bonds is 15. The molecule has 1 aromatic rings. The smallest absolute Gasteiger partial charge is 0.308 e. The molecule has 208 valence electrons. The molecule has 37 heavy (non-hydrogen) atoms. The van der Waals surface area contributed by atoms with Gasteiger partial charge in [0.1, 0.15) is 0 Å². The van der Waals surface area contributed by atoms with Crippen molar-refractivity contribution in [2.24, 2.45) is 11.8 Å². The summed E-state index contributed by atoms with van der Waals surface area (Å²) in [7, 11) is 0. The van der Waals surface area contributed by atoms with Crippen molar-refractivity contribution in [2.75, 3.05) is 33.0 Å². The second kappa shape index (κ2) is 14.0. The number of carbonyl (C=O) groups is 2. The molecule has 1 unspecified atom stereocenters. The molecule has 0 aromatic heterocycles. The van der Waals surface area contributed by atoms with Crippen LogP contribution < -0.4 is 9.47 Å². The number of unbranched alkanes of at least 4 members (excludes halogenated alkanes) is 2. The van der Waals surface area contributed by atoms with Crippen LogP contribution in [0.3, 0.4) is 0 Å². The minimum Gasteiger partial charge on any atom is -0.481 e. The van der Waals surface area contributed by atoms with Crippen molar-refractivity contribution in [2.45, 2.75) is 91.2 Å². The number of amides is 1. The third kappa shape index (κ3) is 7.17. The quantitative estimate of drug-likeness (QED) is 0.349. The predicted molar refractivity (Wildman–Crippen MR) is 143 cm³/mol. The van der Waals surface area contributed by atoms with E-state index in [0.717, 1.165) is 63.6 Å². The van der Waals surface area contributed by atoms with Gasteiger partial charge in [0.2, 0.25) is 12.7 Å². The number of nitrogens with zero attached hydrogens (tertiary/aromatic N) is 2. The Morgan fingerprint density at radius 2 is 1.81 bits per heavy atom. The molecule has 8 heteroatoms. The zero-order valence-electron chi connectivity index (χ0n) is 23.1. The van der Waals surface area contributed by atoms with Crippen LogP contribution in [0, 0.1) is 11.8 Å². The third-order valence-electron chi connectivity index (χ3n) is 7.88. The molecular weight excluding hydrogens is 472 g/mol. The maximum Gasteiger partial charge on any atom is 0.308 e. The second-order valence-corrected chi connectivity index (χ2v) is 10.8. The summed E-state index contributed by atoms with van der Waals surface area (Å²) in [5.41, 5.74) is 1.42. The number of hydrogen-bond acceptors (Lipinski definition) is 6. The van der Waals surface area contributed by atoms with Crippen LogP contribution in [0.5, 0.6) is 11.5 Å². The molecule has 1 aromatic carbocycles. The summed E-state index contributed by atoms with van der Waals surface area (Å²) in [6, 6.07) is 3.46. The van der Waals surface area contributed by atoms with E-state index in [2.05, 4.69) is 32.6 Å². The summed E-state index contributed by atoms with van der Waals surface area (Å²) in [4.78, 5) is 30.3. The lowest BCUT2D eigenvalue weighted by molar-refractivity contribution is -0.144. The van der Waals surface area contributed by atoms with Gasteiger partial charge in [-0.25, -0.2) is 0 Å². The number of aliphatic hydroxyl groups is 1. The van der Waals surface area contributed by atoms with Crippen LogP contribution in [0.15, 0.2) is 12.1 Å². The number of carboxylic acid groups (broad SMARTS) is 1. The van der Waals surface area contributed by atoms with Crippen molar-refractivity contribution < 1.29 is 29.3 Å². The van der Waals surface area contributed by atoms with E-state index < -0.39 is 11.9 Å².